The molecule has 1 aromatic carbocycles. The van der Waals surface area contributed by atoms with Crippen LogP contribution in [0.4, 0.5) is 5.69 Å². The zero-order valence-electron chi connectivity index (χ0n) is 16.3. The lowest BCUT2D eigenvalue weighted by atomic mass is 9.92. The van der Waals surface area contributed by atoms with Gasteiger partial charge in [0, 0.05) is 64.0 Å². The molecule has 2 aliphatic heterocycles. The van der Waals surface area contributed by atoms with E-state index in [2.05, 4.69) is 47.1 Å². The van der Waals surface area contributed by atoms with Crippen molar-refractivity contribution in [2.75, 3.05) is 50.7 Å². The Morgan fingerprint density at radius 1 is 1.11 bits per heavy atom. The van der Waals surface area contributed by atoms with E-state index >= 15 is 0 Å². The number of carbonyl (C=O) groups is 1. The van der Waals surface area contributed by atoms with E-state index in [1.54, 1.807) is 0 Å². The highest BCUT2D eigenvalue weighted by Gasteiger charge is 2.26. The maximum atomic E-state index is 12.5. The Hall–Kier alpha value is -1.01. The van der Waals surface area contributed by atoms with Crippen molar-refractivity contribution in [1.82, 2.24) is 9.80 Å². The van der Waals surface area contributed by atoms with Gasteiger partial charge in [0.05, 0.1) is 0 Å². The molecule has 2 aliphatic rings. The number of piperidine rings is 1. The average Bonchev–Trinajstić information content (AvgIpc) is 2.67. The number of likely N-dealkylation sites (tertiary alicyclic amines) is 1. The summed E-state index contributed by atoms with van der Waals surface area (Å²) in [5, 5.41) is 0. The van der Waals surface area contributed by atoms with Crippen LogP contribution in [0.15, 0.2) is 30.3 Å². The molecule has 5 nitrogen and oxygen atoms in total. The van der Waals surface area contributed by atoms with Crippen LogP contribution in [0, 0.1) is 5.92 Å². The minimum atomic E-state index is 0. The van der Waals surface area contributed by atoms with Crippen LogP contribution in [0.3, 0.4) is 0 Å². The molecule has 0 saturated carbocycles. The predicted molar refractivity (Wildman–Crippen MR) is 117 cm³/mol. The first-order chi connectivity index (χ1) is 12.1. The van der Waals surface area contributed by atoms with Crippen molar-refractivity contribution < 1.29 is 4.79 Å². The molecule has 1 aromatic rings. The molecule has 2 fully saturated rings. The molecule has 27 heavy (non-hydrogen) atoms. The number of benzene rings is 1. The second kappa shape index (κ2) is 11.7. The molecule has 3 rings (SSSR count). The summed E-state index contributed by atoms with van der Waals surface area (Å²) in [5.74, 6) is 0.767. The third-order valence-electron chi connectivity index (χ3n) is 5.69. The van der Waals surface area contributed by atoms with Crippen molar-refractivity contribution >= 4 is 36.4 Å². The third-order valence-corrected chi connectivity index (χ3v) is 5.69. The van der Waals surface area contributed by atoms with Crippen LogP contribution < -0.4 is 10.6 Å². The van der Waals surface area contributed by atoms with Gasteiger partial charge >= 0.3 is 0 Å². The number of amides is 1. The average molecular weight is 417 g/mol. The molecule has 2 heterocycles. The number of para-hydroxylation sites is 1. The Kier molecular flexibility index (Phi) is 10.5. The van der Waals surface area contributed by atoms with E-state index in [1.807, 2.05) is 4.90 Å². The van der Waals surface area contributed by atoms with Crippen molar-refractivity contribution in [3.8, 4) is 0 Å². The number of piperazine rings is 1. The number of carbonyl (C=O) groups excluding carboxylic acids is 1. The highest BCUT2D eigenvalue weighted by molar-refractivity contribution is 5.85. The first kappa shape index (κ1) is 24.0. The molecule has 0 spiro atoms. The van der Waals surface area contributed by atoms with Gasteiger partial charge in [-0.2, -0.15) is 0 Å². The van der Waals surface area contributed by atoms with Crippen LogP contribution in [0.5, 0.6) is 0 Å². The largest absolute Gasteiger partial charge is 0.369 e. The van der Waals surface area contributed by atoms with Gasteiger partial charge < -0.3 is 15.5 Å². The van der Waals surface area contributed by atoms with E-state index in [0.29, 0.717) is 18.2 Å². The molecule has 154 valence electrons. The Morgan fingerprint density at radius 2 is 1.78 bits per heavy atom. The predicted octanol–water partition coefficient (Wildman–Crippen LogP) is 2.63. The molecule has 2 saturated heterocycles. The smallest absolute Gasteiger partial charge is 0.223 e. The minimum Gasteiger partial charge on any atom is -0.369 e. The van der Waals surface area contributed by atoms with E-state index in [1.165, 1.54) is 5.69 Å². The fourth-order valence-electron chi connectivity index (χ4n) is 3.95. The highest BCUT2D eigenvalue weighted by atomic mass is 35.5. The highest BCUT2D eigenvalue weighted by Crippen LogP contribution is 2.20. The second-order valence-corrected chi connectivity index (χ2v) is 7.52. The second-order valence-electron chi connectivity index (χ2n) is 7.52. The van der Waals surface area contributed by atoms with E-state index in [-0.39, 0.29) is 30.9 Å². The quantitative estimate of drug-likeness (QED) is 0.801. The van der Waals surface area contributed by atoms with E-state index in [9.17, 15) is 4.79 Å². The Bertz CT molecular complexity index is 550. The summed E-state index contributed by atoms with van der Waals surface area (Å²) in [4.78, 5) is 19.4. The van der Waals surface area contributed by atoms with Gasteiger partial charge in [-0.3, -0.25) is 9.69 Å². The number of rotatable bonds is 5. The minimum absolute atomic E-state index is 0. The number of halogens is 2. The van der Waals surface area contributed by atoms with Gasteiger partial charge in [0.15, 0.2) is 0 Å². The molecule has 2 unspecified atom stereocenters. The van der Waals surface area contributed by atoms with Crippen molar-refractivity contribution in [2.45, 2.75) is 32.2 Å². The van der Waals surface area contributed by atoms with Crippen molar-refractivity contribution in [3.05, 3.63) is 30.3 Å². The summed E-state index contributed by atoms with van der Waals surface area (Å²) in [6.07, 6.45) is 2.88. The summed E-state index contributed by atoms with van der Waals surface area (Å²) < 4.78 is 0. The van der Waals surface area contributed by atoms with Gasteiger partial charge in [-0.1, -0.05) is 18.2 Å². The summed E-state index contributed by atoms with van der Waals surface area (Å²) in [6, 6.07) is 10.8. The van der Waals surface area contributed by atoms with Crippen LogP contribution in [0.1, 0.15) is 26.2 Å². The van der Waals surface area contributed by atoms with E-state index in [4.69, 9.17) is 5.73 Å². The Morgan fingerprint density at radius 3 is 2.41 bits per heavy atom. The van der Waals surface area contributed by atoms with E-state index in [0.717, 1.165) is 58.7 Å². The number of hydrogen-bond acceptors (Lipinski definition) is 4. The lowest BCUT2D eigenvalue weighted by Gasteiger charge is -2.37. The van der Waals surface area contributed by atoms with Gasteiger partial charge in [0.2, 0.25) is 5.91 Å². The molecule has 7 heteroatoms. The lowest BCUT2D eigenvalue weighted by Crippen LogP contribution is -2.48. The zero-order chi connectivity index (χ0) is 17.6. The van der Waals surface area contributed by atoms with Crippen molar-refractivity contribution in [2.24, 2.45) is 11.7 Å². The Balaban J connectivity index is 0.00000182. The van der Waals surface area contributed by atoms with E-state index < -0.39 is 0 Å². The normalized spacial score (nSPS) is 21.8. The molecular formula is C20H34Cl2N4O. The van der Waals surface area contributed by atoms with Crippen molar-refractivity contribution in [1.29, 1.82) is 0 Å². The summed E-state index contributed by atoms with van der Waals surface area (Å²) in [6.45, 7) is 8.83. The maximum absolute atomic E-state index is 12.5. The summed E-state index contributed by atoms with van der Waals surface area (Å²) in [5.41, 5.74) is 7.33. The summed E-state index contributed by atoms with van der Waals surface area (Å²) in [7, 11) is 0. The Labute approximate surface area is 176 Å². The van der Waals surface area contributed by atoms with Crippen LogP contribution in [-0.4, -0.2) is 67.6 Å². The first-order valence-corrected chi connectivity index (χ1v) is 9.69. The maximum Gasteiger partial charge on any atom is 0.223 e. The number of nitrogens with zero attached hydrogens (tertiary/aromatic N) is 3. The standard InChI is InChI=1S/C20H32N4O.2ClH/c1-17(21)18-6-5-10-24(16-18)20(25)9-11-22-12-14-23(15-13-22)19-7-3-2-4-8-19;;/h2-4,7-8,17-18H,5-6,9-16,21H2,1H3;2*1H. The number of hydrogen-bond donors (Lipinski definition) is 1. The first-order valence-electron chi connectivity index (χ1n) is 9.69. The fraction of sp³-hybridized carbons (Fsp3) is 0.650. The molecule has 0 radical (unpaired) electrons. The van der Waals surface area contributed by atoms with Crippen LogP contribution >= 0.6 is 24.8 Å². The zero-order valence-corrected chi connectivity index (χ0v) is 17.9. The van der Waals surface area contributed by atoms with Crippen LogP contribution in [-0.2, 0) is 4.79 Å². The van der Waals surface area contributed by atoms with Crippen LogP contribution in [0.25, 0.3) is 0 Å². The van der Waals surface area contributed by atoms with Crippen molar-refractivity contribution in [3.63, 3.8) is 0 Å². The third kappa shape index (κ3) is 6.83. The lowest BCUT2D eigenvalue weighted by molar-refractivity contribution is -0.133. The molecule has 2 atom stereocenters. The molecule has 1 amide bonds. The summed E-state index contributed by atoms with van der Waals surface area (Å²) >= 11 is 0. The van der Waals surface area contributed by atoms with Gasteiger partial charge in [0.25, 0.3) is 0 Å². The van der Waals surface area contributed by atoms with Gasteiger partial charge in [0.1, 0.15) is 0 Å². The molecule has 0 aliphatic carbocycles. The topological polar surface area (TPSA) is 52.8 Å². The number of nitrogens with two attached hydrogens (primary N) is 1. The van der Waals surface area contributed by atoms with Gasteiger partial charge in [-0.15, -0.1) is 24.8 Å². The molecule has 0 bridgehead atoms. The number of anilines is 1. The molecular weight excluding hydrogens is 383 g/mol. The molecule has 2 N–H and O–H groups in total. The monoisotopic (exact) mass is 416 g/mol. The van der Waals surface area contributed by atoms with Crippen LogP contribution in [0.2, 0.25) is 0 Å². The van der Waals surface area contributed by atoms with Gasteiger partial charge in [-0.25, -0.2) is 0 Å². The van der Waals surface area contributed by atoms with Gasteiger partial charge in [-0.05, 0) is 37.8 Å². The SMILES string of the molecule is CC(N)C1CCCN(C(=O)CCN2CCN(c3ccccc3)CC2)C1.Cl.Cl. The molecule has 0 aromatic heterocycles. The fourth-order valence-corrected chi connectivity index (χ4v) is 3.95.